The molecule has 0 bridgehead atoms. The van der Waals surface area contributed by atoms with Gasteiger partial charge in [-0.25, -0.2) is 4.79 Å². The molecule has 2 aromatic rings. The maximum Gasteiger partial charge on any atom is 0.336 e. The molecule has 126 valence electrons. The summed E-state index contributed by atoms with van der Waals surface area (Å²) in [5.74, 6) is 0.160. The Balaban J connectivity index is 2.59. The molecular formula is C20H22O4. The van der Waals surface area contributed by atoms with E-state index < -0.39 is 5.97 Å². The van der Waals surface area contributed by atoms with E-state index >= 15 is 0 Å². The molecule has 0 fully saturated rings. The second-order valence-corrected chi connectivity index (χ2v) is 5.77. The summed E-state index contributed by atoms with van der Waals surface area (Å²) in [6.45, 7) is 5.78. The molecule has 0 unspecified atom stereocenters. The van der Waals surface area contributed by atoms with Crippen LogP contribution in [0.1, 0.15) is 30.5 Å². The summed E-state index contributed by atoms with van der Waals surface area (Å²) in [6, 6.07) is 12.9. The molecule has 0 spiro atoms. The highest BCUT2D eigenvalue weighted by Crippen LogP contribution is 2.31. The van der Waals surface area contributed by atoms with Gasteiger partial charge in [0.05, 0.1) is 18.8 Å². The van der Waals surface area contributed by atoms with Crippen LogP contribution >= 0.6 is 0 Å². The molecule has 0 aliphatic heterocycles. The molecule has 0 aliphatic rings. The predicted molar refractivity (Wildman–Crippen MR) is 95.4 cm³/mol. The van der Waals surface area contributed by atoms with Gasteiger partial charge in [-0.15, -0.1) is 0 Å². The Labute approximate surface area is 142 Å². The second-order valence-electron chi connectivity index (χ2n) is 5.77. The summed E-state index contributed by atoms with van der Waals surface area (Å²) in [5.41, 5.74) is 2.39. The number of carbonyl (C=O) groups is 1. The van der Waals surface area contributed by atoms with E-state index in [4.69, 9.17) is 9.47 Å². The van der Waals surface area contributed by atoms with Crippen molar-refractivity contribution in [1.29, 1.82) is 0 Å². The Morgan fingerprint density at radius 2 is 1.83 bits per heavy atom. The average Bonchev–Trinajstić information content (AvgIpc) is 2.53. The number of aryl methyl sites for hydroxylation is 1. The van der Waals surface area contributed by atoms with Crippen molar-refractivity contribution in [2.45, 2.75) is 26.9 Å². The van der Waals surface area contributed by atoms with E-state index in [9.17, 15) is 9.90 Å². The average molecular weight is 326 g/mol. The highest BCUT2D eigenvalue weighted by atomic mass is 16.5. The van der Waals surface area contributed by atoms with Gasteiger partial charge in [0.25, 0.3) is 0 Å². The number of carboxylic acids is 1. The topological polar surface area (TPSA) is 55.8 Å². The van der Waals surface area contributed by atoms with Crippen LogP contribution in [0.3, 0.4) is 0 Å². The molecule has 2 rings (SSSR count). The van der Waals surface area contributed by atoms with Crippen LogP contribution in [0, 0.1) is 6.92 Å². The zero-order valence-corrected chi connectivity index (χ0v) is 14.4. The van der Waals surface area contributed by atoms with Crippen LogP contribution in [-0.2, 0) is 4.79 Å². The summed E-state index contributed by atoms with van der Waals surface area (Å²) in [6.07, 6.45) is 1.62. The molecule has 0 radical (unpaired) electrons. The third-order valence-electron chi connectivity index (χ3n) is 3.46. The number of para-hydroxylation sites is 1. The van der Waals surface area contributed by atoms with Crippen LogP contribution in [0.5, 0.6) is 11.5 Å². The maximum absolute atomic E-state index is 11.9. The monoisotopic (exact) mass is 326 g/mol. The SMILES string of the molecule is COc1ccc(C)cc1/C(=C/c1ccccc1OC(C)C)C(=O)O. The quantitative estimate of drug-likeness (QED) is 0.631. The lowest BCUT2D eigenvalue weighted by molar-refractivity contribution is -0.130. The Morgan fingerprint density at radius 1 is 1.12 bits per heavy atom. The molecule has 0 saturated carbocycles. The zero-order chi connectivity index (χ0) is 17.7. The van der Waals surface area contributed by atoms with Crippen LogP contribution < -0.4 is 9.47 Å². The number of hydrogen-bond donors (Lipinski definition) is 1. The molecule has 4 heteroatoms. The van der Waals surface area contributed by atoms with Crippen molar-refractivity contribution < 1.29 is 19.4 Å². The summed E-state index contributed by atoms with van der Waals surface area (Å²) < 4.78 is 11.1. The predicted octanol–water partition coefficient (Wildman–Crippen LogP) is 4.42. The standard InChI is InChI=1S/C20H22O4/c1-13(2)24-18-8-6-5-7-15(18)12-17(20(21)22)16-11-14(3)9-10-19(16)23-4/h5-13H,1-4H3,(H,21,22)/b17-12-. The van der Waals surface area contributed by atoms with Gasteiger partial charge in [-0.1, -0.05) is 29.8 Å². The fourth-order valence-electron chi connectivity index (χ4n) is 2.40. The summed E-state index contributed by atoms with van der Waals surface area (Å²) >= 11 is 0. The van der Waals surface area contributed by atoms with Crippen molar-refractivity contribution in [2.75, 3.05) is 7.11 Å². The molecule has 0 saturated heterocycles. The van der Waals surface area contributed by atoms with Gasteiger partial charge in [-0.2, -0.15) is 0 Å². The van der Waals surface area contributed by atoms with Gasteiger partial charge >= 0.3 is 5.97 Å². The minimum absolute atomic E-state index is 0.00124. The second kappa shape index (κ2) is 7.68. The summed E-state index contributed by atoms with van der Waals surface area (Å²) in [7, 11) is 1.53. The van der Waals surface area contributed by atoms with E-state index in [1.54, 1.807) is 12.1 Å². The fraction of sp³-hybridized carbons (Fsp3) is 0.250. The van der Waals surface area contributed by atoms with Crippen LogP contribution in [0.25, 0.3) is 11.6 Å². The Bertz CT molecular complexity index is 760. The van der Waals surface area contributed by atoms with Crippen LogP contribution in [0.4, 0.5) is 0 Å². The van der Waals surface area contributed by atoms with Gasteiger partial charge in [-0.05, 0) is 45.0 Å². The number of methoxy groups -OCH3 is 1. The summed E-state index contributed by atoms with van der Waals surface area (Å²) in [4.78, 5) is 11.9. The van der Waals surface area contributed by atoms with Crippen LogP contribution in [0.2, 0.25) is 0 Å². The normalized spacial score (nSPS) is 11.5. The summed E-state index contributed by atoms with van der Waals surface area (Å²) in [5, 5.41) is 9.71. The molecule has 4 nitrogen and oxygen atoms in total. The van der Waals surface area contributed by atoms with Crippen molar-refractivity contribution in [3.8, 4) is 11.5 Å². The molecule has 0 amide bonds. The van der Waals surface area contributed by atoms with Crippen molar-refractivity contribution in [2.24, 2.45) is 0 Å². The Morgan fingerprint density at radius 3 is 2.46 bits per heavy atom. The first-order valence-electron chi connectivity index (χ1n) is 7.78. The largest absolute Gasteiger partial charge is 0.496 e. The van der Waals surface area contributed by atoms with Gasteiger partial charge in [0, 0.05) is 11.1 Å². The molecule has 0 aromatic heterocycles. The first-order valence-corrected chi connectivity index (χ1v) is 7.78. The molecule has 0 heterocycles. The van der Waals surface area contributed by atoms with E-state index in [2.05, 4.69) is 0 Å². The number of rotatable bonds is 6. The molecular weight excluding hydrogens is 304 g/mol. The van der Waals surface area contributed by atoms with Crippen molar-refractivity contribution >= 4 is 17.6 Å². The Hall–Kier alpha value is -2.75. The number of hydrogen-bond acceptors (Lipinski definition) is 3. The van der Waals surface area contributed by atoms with Crippen molar-refractivity contribution in [3.05, 3.63) is 59.2 Å². The number of aliphatic carboxylic acids is 1. The lowest BCUT2D eigenvalue weighted by atomic mass is 9.99. The van der Waals surface area contributed by atoms with Crippen molar-refractivity contribution in [1.82, 2.24) is 0 Å². The number of ether oxygens (including phenoxy) is 2. The minimum atomic E-state index is -1.02. The lowest BCUT2D eigenvalue weighted by Gasteiger charge is -2.14. The molecule has 0 atom stereocenters. The third-order valence-corrected chi connectivity index (χ3v) is 3.46. The zero-order valence-electron chi connectivity index (χ0n) is 14.4. The molecule has 24 heavy (non-hydrogen) atoms. The Kier molecular flexibility index (Phi) is 5.64. The van der Waals surface area contributed by atoms with E-state index in [1.807, 2.05) is 57.2 Å². The van der Waals surface area contributed by atoms with Gasteiger partial charge in [0.15, 0.2) is 0 Å². The van der Waals surface area contributed by atoms with E-state index in [1.165, 1.54) is 7.11 Å². The van der Waals surface area contributed by atoms with E-state index in [0.717, 1.165) is 5.56 Å². The van der Waals surface area contributed by atoms with Gasteiger partial charge in [0.2, 0.25) is 0 Å². The van der Waals surface area contributed by atoms with Gasteiger partial charge in [0.1, 0.15) is 11.5 Å². The maximum atomic E-state index is 11.9. The van der Waals surface area contributed by atoms with E-state index in [0.29, 0.717) is 22.6 Å². The molecule has 2 aromatic carbocycles. The lowest BCUT2D eigenvalue weighted by Crippen LogP contribution is -2.07. The smallest absolute Gasteiger partial charge is 0.336 e. The first kappa shape index (κ1) is 17.6. The van der Waals surface area contributed by atoms with Gasteiger partial charge in [-0.3, -0.25) is 0 Å². The number of benzene rings is 2. The fourth-order valence-corrected chi connectivity index (χ4v) is 2.40. The minimum Gasteiger partial charge on any atom is -0.496 e. The van der Waals surface area contributed by atoms with Gasteiger partial charge < -0.3 is 14.6 Å². The molecule has 0 aliphatic carbocycles. The van der Waals surface area contributed by atoms with Crippen LogP contribution in [0.15, 0.2) is 42.5 Å². The number of carboxylic acid groups (broad SMARTS) is 1. The van der Waals surface area contributed by atoms with Crippen molar-refractivity contribution in [3.63, 3.8) is 0 Å². The highest BCUT2D eigenvalue weighted by molar-refractivity contribution is 6.21. The first-order chi connectivity index (χ1) is 11.4. The van der Waals surface area contributed by atoms with Crippen LogP contribution in [-0.4, -0.2) is 24.3 Å². The molecule has 1 N–H and O–H groups in total. The third kappa shape index (κ3) is 4.16. The van der Waals surface area contributed by atoms with E-state index in [-0.39, 0.29) is 11.7 Å². The highest BCUT2D eigenvalue weighted by Gasteiger charge is 2.17.